The predicted octanol–water partition coefficient (Wildman–Crippen LogP) is 2.81. The van der Waals surface area contributed by atoms with Gasteiger partial charge in [-0.05, 0) is 24.4 Å². The maximum atomic E-state index is 12.0. The second-order valence-electron chi connectivity index (χ2n) is 4.18. The number of nitrogens with one attached hydrogen (secondary N) is 2. The molecular formula is C12H15Cl2N3OS2. The molecule has 0 saturated carbocycles. The van der Waals surface area contributed by atoms with Crippen molar-refractivity contribution in [2.24, 2.45) is 0 Å². The van der Waals surface area contributed by atoms with Crippen LogP contribution < -0.4 is 10.6 Å². The van der Waals surface area contributed by atoms with Crippen LogP contribution in [0.4, 0.5) is 0 Å². The highest BCUT2D eigenvalue weighted by Gasteiger charge is 2.19. The molecule has 3 heterocycles. The molecule has 3 rings (SSSR count). The summed E-state index contributed by atoms with van der Waals surface area (Å²) < 4.78 is 0. The molecule has 8 heteroatoms. The lowest BCUT2D eigenvalue weighted by atomic mass is 10.2. The highest BCUT2D eigenvalue weighted by molar-refractivity contribution is 7.20. The van der Waals surface area contributed by atoms with Gasteiger partial charge in [0.1, 0.15) is 10.7 Å². The molecule has 1 fully saturated rings. The van der Waals surface area contributed by atoms with Gasteiger partial charge < -0.3 is 10.6 Å². The summed E-state index contributed by atoms with van der Waals surface area (Å²) >= 11 is 3.16. The minimum Gasteiger partial charge on any atom is -0.347 e. The third-order valence-corrected chi connectivity index (χ3v) is 4.75. The minimum atomic E-state index is -0.0669. The second kappa shape index (κ2) is 7.95. The van der Waals surface area contributed by atoms with Gasteiger partial charge in [-0.2, -0.15) is 0 Å². The van der Waals surface area contributed by atoms with Crippen molar-refractivity contribution in [3.63, 3.8) is 0 Å². The van der Waals surface area contributed by atoms with Crippen LogP contribution in [-0.2, 0) is 0 Å². The quantitative estimate of drug-likeness (QED) is 0.893. The zero-order valence-corrected chi connectivity index (χ0v) is 13.8. The van der Waals surface area contributed by atoms with E-state index < -0.39 is 0 Å². The van der Waals surface area contributed by atoms with Crippen LogP contribution in [0.15, 0.2) is 22.9 Å². The van der Waals surface area contributed by atoms with Crippen LogP contribution in [0.2, 0.25) is 0 Å². The maximum Gasteiger partial charge on any atom is 0.271 e. The largest absolute Gasteiger partial charge is 0.347 e. The SMILES string of the molecule is Cl.Cl.O=C(NC1CCNC1)c1csc(-c2cccs2)n1. The average Bonchev–Trinajstić information content (AvgIpc) is 3.11. The lowest BCUT2D eigenvalue weighted by Gasteiger charge is -2.09. The zero-order chi connectivity index (χ0) is 12.4. The fourth-order valence-electron chi connectivity index (χ4n) is 1.93. The topological polar surface area (TPSA) is 54.0 Å². The van der Waals surface area contributed by atoms with Gasteiger partial charge in [0.2, 0.25) is 0 Å². The lowest BCUT2D eigenvalue weighted by Crippen LogP contribution is -2.36. The molecule has 0 spiro atoms. The first kappa shape index (κ1) is 17.4. The van der Waals surface area contributed by atoms with Gasteiger partial charge in [0.15, 0.2) is 0 Å². The van der Waals surface area contributed by atoms with Crippen molar-refractivity contribution in [3.8, 4) is 9.88 Å². The van der Waals surface area contributed by atoms with Crippen molar-refractivity contribution in [3.05, 3.63) is 28.6 Å². The molecule has 1 amide bonds. The van der Waals surface area contributed by atoms with E-state index in [2.05, 4.69) is 15.6 Å². The molecule has 1 aliphatic heterocycles. The standard InChI is InChI=1S/C12H13N3OS2.2ClH/c16-11(14-8-3-4-13-6-8)9-7-18-12(15-9)10-2-1-5-17-10;;/h1-2,5,7-8,13H,3-4,6H2,(H,14,16);2*1H. The van der Waals surface area contributed by atoms with E-state index in [4.69, 9.17) is 0 Å². The molecular weight excluding hydrogens is 337 g/mol. The van der Waals surface area contributed by atoms with E-state index in [0.717, 1.165) is 29.4 Å². The fourth-order valence-corrected chi connectivity index (χ4v) is 3.54. The van der Waals surface area contributed by atoms with E-state index in [9.17, 15) is 4.79 Å². The number of thiophene rings is 1. The number of halogens is 2. The minimum absolute atomic E-state index is 0. The van der Waals surface area contributed by atoms with Gasteiger partial charge in [-0.3, -0.25) is 4.79 Å². The Morgan fingerprint density at radius 1 is 1.40 bits per heavy atom. The molecule has 4 nitrogen and oxygen atoms in total. The number of aromatic nitrogens is 1. The Bertz CT molecular complexity index is 539. The molecule has 20 heavy (non-hydrogen) atoms. The van der Waals surface area contributed by atoms with E-state index in [0.29, 0.717) is 5.69 Å². The van der Waals surface area contributed by atoms with Crippen molar-refractivity contribution in [2.45, 2.75) is 12.5 Å². The molecule has 0 radical (unpaired) electrons. The summed E-state index contributed by atoms with van der Waals surface area (Å²) in [5.41, 5.74) is 0.523. The van der Waals surface area contributed by atoms with E-state index in [1.807, 2.05) is 22.9 Å². The predicted molar refractivity (Wildman–Crippen MR) is 88.7 cm³/mol. The molecule has 0 bridgehead atoms. The Morgan fingerprint density at radius 3 is 2.90 bits per heavy atom. The Balaban J connectivity index is 0.000001000. The maximum absolute atomic E-state index is 12.0. The van der Waals surface area contributed by atoms with Gasteiger partial charge in [-0.25, -0.2) is 4.98 Å². The van der Waals surface area contributed by atoms with Gasteiger partial charge in [-0.15, -0.1) is 47.5 Å². The van der Waals surface area contributed by atoms with Crippen LogP contribution in [0.25, 0.3) is 9.88 Å². The summed E-state index contributed by atoms with van der Waals surface area (Å²) in [6, 6.07) is 4.25. The molecule has 0 aromatic carbocycles. The number of hydrogen-bond donors (Lipinski definition) is 2. The summed E-state index contributed by atoms with van der Waals surface area (Å²) in [7, 11) is 0. The average molecular weight is 352 g/mol. The molecule has 2 aromatic heterocycles. The van der Waals surface area contributed by atoms with Crippen molar-refractivity contribution in [1.82, 2.24) is 15.6 Å². The molecule has 1 atom stereocenters. The van der Waals surface area contributed by atoms with E-state index in [-0.39, 0.29) is 36.8 Å². The molecule has 1 aliphatic rings. The van der Waals surface area contributed by atoms with Gasteiger partial charge in [0, 0.05) is 18.0 Å². The van der Waals surface area contributed by atoms with Crippen LogP contribution >= 0.6 is 47.5 Å². The van der Waals surface area contributed by atoms with Crippen LogP contribution in [0.1, 0.15) is 16.9 Å². The van der Waals surface area contributed by atoms with E-state index in [1.54, 1.807) is 11.3 Å². The first-order valence-electron chi connectivity index (χ1n) is 5.84. The molecule has 1 saturated heterocycles. The zero-order valence-electron chi connectivity index (χ0n) is 10.5. The highest BCUT2D eigenvalue weighted by atomic mass is 35.5. The summed E-state index contributed by atoms with van der Waals surface area (Å²) in [5, 5.41) is 11.0. The van der Waals surface area contributed by atoms with Crippen LogP contribution in [0, 0.1) is 0 Å². The monoisotopic (exact) mass is 351 g/mol. The van der Waals surface area contributed by atoms with Crippen molar-refractivity contribution in [1.29, 1.82) is 0 Å². The normalized spacial score (nSPS) is 17.1. The van der Waals surface area contributed by atoms with Gasteiger partial charge in [0.05, 0.1) is 4.88 Å². The van der Waals surface area contributed by atoms with Gasteiger partial charge in [-0.1, -0.05) is 6.07 Å². The highest BCUT2D eigenvalue weighted by Crippen LogP contribution is 2.27. The fraction of sp³-hybridized carbons (Fsp3) is 0.333. The summed E-state index contributed by atoms with van der Waals surface area (Å²) in [4.78, 5) is 17.5. The Labute approximate surface area is 137 Å². The van der Waals surface area contributed by atoms with Crippen molar-refractivity contribution in [2.75, 3.05) is 13.1 Å². The van der Waals surface area contributed by atoms with Crippen molar-refractivity contribution >= 4 is 53.4 Å². The second-order valence-corrected chi connectivity index (χ2v) is 5.98. The number of rotatable bonds is 3. The van der Waals surface area contributed by atoms with Gasteiger partial charge >= 0.3 is 0 Å². The molecule has 0 aliphatic carbocycles. The summed E-state index contributed by atoms with van der Waals surface area (Å²) in [6.45, 7) is 1.83. The van der Waals surface area contributed by atoms with E-state index in [1.165, 1.54) is 11.3 Å². The first-order valence-corrected chi connectivity index (χ1v) is 7.60. The smallest absolute Gasteiger partial charge is 0.271 e. The summed E-state index contributed by atoms with van der Waals surface area (Å²) in [5.74, 6) is -0.0669. The number of carbonyl (C=O) groups excluding carboxylic acids is 1. The number of thiazole rings is 1. The van der Waals surface area contributed by atoms with Gasteiger partial charge in [0.25, 0.3) is 5.91 Å². The molecule has 2 N–H and O–H groups in total. The number of amides is 1. The molecule has 1 unspecified atom stereocenters. The molecule has 2 aromatic rings. The third kappa shape index (κ3) is 3.93. The number of carbonyl (C=O) groups is 1. The van der Waals surface area contributed by atoms with Crippen molar-refractivity contribution < 1.29 is 4.79 Å². The first-order chi connectivity index (χ1) is 8.83. The lowest BCUT2D eigenvalue weighted by molar-refractivity contribution is 0.0936. The van der Waals surface area contributed by atoms with E-state index >= 15 is 0 Å². The number of nitrogens with zero attached hydrogens (tertiary/aromatic N) is 1. The van der Waals surface area contributed by atoms with Crippen LogP contribution in [0.5, 0.6) is 0 Å². The third-order valence-electron chi connectivity index (χ3n) is 2.86. The summed E-state index contributed by atoms with van der Waals surface area (Å²) in [6.07, 6.45) is 0.994. The van der Waals surface area contributed by atoms with Crippen LogP contribution in [0.3, 0.4) is 0 Å². The Kier molecular flexibility index (Phi) is 6.91. The Hall–Kier alpha value is -0.660. The number of hydrogen-bond acceptors (Lipinski definition) is 5. The molecule has 110 valence electrons. The Morgan fingerprint density at radius 2 is 2.25 bits per heavy atom. The van der Waals surface area contributed by atoms with Crippen LogP contribution in [-0.4, -0.2) is 30.0 Å².